The van der Waals surface area contributed by atoms with E-state index in [9.17, 15) is 0 Å². The number of benzene rings is 8. The second kappa shape index (κ2) is 12.6. The Morgan fingerprint density at radius 2 is 0.964 bits per heavy atom. The molecule has 1 spiro atoms. The van der Waals surface area contributed by atoms with Crippen LogP contribution in [0.25, 0.3) is 54.9 Å². The van der Waals surface area contributed by atoms with Gasteiger partial charge in [0.05, 0.1) is 0 Å². The highest BCUT2D eigenvalue weighted by molar-refractivity contribution is 5.91. The number of nitrogens with zero attached hydrogens (tertiary/aromatic N) is 1. The average Bonchev–Trinajstić information content (AvgIpc) is 3.54. The molecule has 8 aromatic carbocycles. The van der Waals surface area contributed by atoms with Crippen LogP contribution in [0.15, 0.2) is 176 Å². The lowest BCUT2D eigenvalue weighted by Gasteiger charge is -2.57. The summed E-state index contributed by atoms with van der Waals surface area (Å²) in [6, 6.07) is 66.1. The summed E-state index contributed by atoms with van der Waals surface area (Å²) in [6.45, 7) is 0. The van der Waals surface area contributed by atoms with Crippen LogP contribution >= 0.6 is 0 Å². The van der Waals surface area contributed by atoms with Crippen LogP contribution in [0.5, 0.6) is 0 Å². The molecule has 5 unspecified atom stereocenters. The molecule has 1 nitrogen and oxygen atoms in total. The van der Waals surface area contributed by atoms with Crippen molar-refractivity contribution in [2.75, 3.05) is 4.90 Å². The van der Waals surface area contributed by atoms with E-state index in [0.29, 0.717) is 0 Å². The minimum atomic E-state index is 0.193. The van der Waals surface area contributed by atoms with Gasteiger partial charge in [-0.3, -0.25) is 0 Å². The summed E-state index contributed by atoms with van der Waals surface area (Å²) in [6.07, 6.45) is 8.59. The highest BCUT2D eigenvalue weighted by Crippen LogP contribution is 2.66. The minimum Gasteiger partial charge on any atom is -0.310 e. The summed E-state index contributed by atoms with van der Waals surface area (Å²) < 4.78 is 0. The summed E-state index contributed by atoms with van der Waals surface area (Å²) in [4.78, 5) is 2.40. The molecule has 3 fully saturated rings. The van der Waals surface area contributed by atoms with Crippen molar-refractivity contribution in [3.63, 3.8) is 0 Å². The van der Waals surface area contributed by atoms with Gasteiger partial charge in [0, 0.05) is 22.5 Å². The summed E-state index contributed by atoms with van der Waals surface area (Å²) in [5, 5.41) is 5.03. The van der Waals surface area contributed by atoms with Gasteiger partial charge in [0.25, 0.3) is 0 Å². The number of fused-ring (bicyclic) bond motifs is 10. The Morgan fingerprint density at radius 1 is 0.393 bits per heavy atom. The van der Waals surface area contributed by atoms with E-state index in [0.717, 1.165) is 40.7 Å². The van der Waals surface area contributed by atoms with Crippen LogP contribution in [-0.4, -0.2) is 0 Å². The molecule has 270 valence electrons. The van der Waals surface area contributed by atoms with Crippen LogP contribution < -0.4 is 4.90 Å². The first-order valence-corrected chi connectivity index (χ1v) is 20.9. The second-order valence-corrected chi connectivity index (χ2v) is 17.4. The van der Waals surface area contributed by atoms with Crippen LogP contribution in [0.3, 0.4) is 0 Å². The monoisotopic (exact) mass is 719 g/mol. The van der Waals surface area contributed by atoms with Crippen molar-refractivity contribution >= 4 is 38.6 Å². The number of hydrogen-bond donors (Lipinski definition) is 0. The molecule has 0 heterocycles. The Labute approximate surface area is 330 Å². The molecular formula is C55H45N. The Balaban J connectivity index is 0.916. The van der Waals surface area contributed by atoms with E-state index in [1.54, 1.807) is 11.1 Å². The SMILES string of the molecule is c1ccc2c(c1)-c1cc(-c3ccc(N(c4ccc(-c5ccc6ccccc6c5)cc4)c4ccc5ccccc5c4)cc3)ccc1C21CC2CCC3CC2CC1C3. The molecule has 0 saturated heterocycles. The largest absolute Gasteiger partial charge is 0.310 e. The highest BCUT2D eigenvalue weighted by Gasteiger charge is 2.57. The van der Waals surface area contributed by atoms with Gasteiger partial charge in [-0.1, -0.05) is 134 Å². The van der Waals surface area contributed by atoms with Crippen LogP contribution in [0.1, 0.15) is 49.7 Å². The standard InChI is InChI=1S/C55H45N/c1-3-9-41-31-43(16-15-37(41)7-1)39-17-23-48(24-18-39)56(50-27-21-38-8-2-4-10-42(38)33-50)49-25-19-40(20-26-49)44-22-28-54-52(34-44)51-11-5-6-12-53(51)55(54)35-45-14-13-36-29-46(45)32-47(55)30-36/h1-12,15-28,31,33-34,36,45-47H,13-14,29-30,32,35H2. The van der Waals surface area contributed by atoms with E-state index in [1.165, 1.54) is 93.5 Å². The Bertz CT molecular complexity index is 2790. The molecule has 5 atom stereocenters. The van der Waals surface area contributed by atoms with Gasteiger partial charge in [-0.15, -0.1) is 0 Å². The Kier molecular flexibility index (Phi) is 7.25. The fraction of sp³-hybridized carbons (Fsp3) is 0.200. The average molecular weight is 720 g/mol. The molecular weight excluding hydrogens is 675 g/mol. The van der Waals surface area contributed by atoms with Gasteiger partial charge in [0.1, 0.15) is 0 Å². The number of anilines is 3. The van der Waals surface area contributed by atoms with E-state index >= 15 is 0 Å². The van der Waals surface area contributed by atoms with Crippen molar-refractivity contribution in [2.24, 2.45) is 23.7 Å². The summed E-state index contributed by atoms with van der Waals surface area (Å²) in [5.41, 5.74) is 14.9. The quantitative estimate of drug-likeness (QED) is 0.171. The van der Waals surface area contributed by atoms with Gasteiger partial charge in [-0.2, -0.15) is 0 Å². The van der Waals surface area contributed by atoms with Crippen LogP contribution in [0, 0.1) is 23.7 Å². The van der Waals surface area contributed by atoms with Gasteiger partial charge in [-0.25, -0.2) is 0 Å². The van der Waals surface area contributed by atoms with Crippen LogP contribution in [-0.2, 0) is 5.41 Å². The minimum absolute atomic E-state index is 0.193. The third kappa shape index (κ3) is 4.99. The molecule has 3 saturated carbocycles. The first-order valence-electron chi connectivity index (χ1n) is 20.9. The molecule has 12 rings (SSSR count). The maximum atomic E-state index is 2.54. The third-order valence-electron chi connectivity index (χ3n) is 14.6. The fourth-order valence-corrected chi connectivity index (χ4v) is 12.0. The molecule has 56 heavy (non-hydrogen) atoms. The summed E-state index contributed by atoms with van der Waals surface area (Å²) >= 11 is 0. The van der Waals surface area contributed by atoms with Gasteiger partial charge >= 0.3 is 0 Å². The molecule has 0 N–H and O–H groups in total. The van der Waals surface area contributed by atoms with Crippen molar-refractivity contribution in [2.45, 2.75) is 43.9 Å². The fourth-order valence-electron chi connectivity index (χ4n) is 12.0. The van der Waals surface area contributed by atoms with Crippen LogP contribution in [0.2, 0.25) is 0 Å². The Hall–Kier alpha value is -5.92. The first-order chi connectivity index (χ1) is 27.7. The lowest BCUT2D eigenvalue weighted by Crippen LogP contribution is -2.50. The predicted octanol–water partition coefficient (Wildman–Crippen LogP) is 14.9. The first kappa shape index (κ1) is 32.3. The molecule has 4 aliphatic rings. The Morgan fingerprint density at radius 3 is 1.71 bits per heavy atom. The van der Waals surface area contributed by atoms with Gasteiger partial charge in [0.15, 0.2) is 0 Å². The molecule has 3 bridgehead atoms. The van der Waals surface area contributed by atoms with Crippen molar-refractivity contribution in [1.82, 2.24) is 0 Å². The van der Waals surface area contributed by atoms with E-state index in [-0.39, 0.29) is 5.41 Å². The topological polar surface area (TPSA) is 3.24 Å². The summed E-state index contributed by atoms with van der Waals surface area (Å²) in [5.74, 6) is 3.56. The van der Waals surface area contributed by atoms with E-state index in [4.69, 9.17) is 0 Å². The zero-order valence-corrected chi connectivity index (χ0v) is 31.7. The van der Waals surface area contributed by atoms with E-state index in [1.807, 2.05) is 0 Å². The number of hydrogen-bond acceptors (Lipinski definition) is 1. The highest BCUT2D eigenvalue weighted by atomic mass is 15.1. The lowest BCUT2D eigenvalue weighted by molar-refractivity contribution is -0.0103. The van der Waals surface area contributed by atoms with Crippen LogP contribution in [0.4, 0.5) is 17.1 Å². The molecule has 1 heteroatoms. The maximum absolute atomic E-state index is 2.54. The number of rotatable bonds is 5. The predicted molar refractivity (Wildman–Crippen MR) is 235 cm³/mol. The molecule has 4 aliphatic carbocycles. The van der Waals surface area contributed by atoms with E-state index in [2.05, 4.69) is 181 Å². The molecule has 8 aromatic rings. The smallest absolute Gasteiger partial charge is 0.0468 e. The van der Waals surface area contributed by atoms with Gasteiger partial charge in [0.2, 0.25) is 0 Å². The van der Waals surface area contributed by atoms with Gasteiger partial charge in [-0.05, 0) is 170 Å². The van der Waals surface area contributed by atoms with Gasteiger partial charge < -0.3 is 4.90 Å². The van der Waals surface area contributed by atoms with E-state index < -0.39 is 0 Å². The van der Waals surface area contributed by atoms with Crippen molar-refractivity contribution in [1.29, 1.82) is 0 Å². The molecule has 0 radical (unpaired) electrons. The third-order valence-corrected chi connectivity index (χ3v) is 14.6. The zero-order chi connectivity index (χ0) is 36.8. The maximum Gasteiger partial charge on any atom is 0.0468 e. The van der Waals surface area contributed by atoms with Crippen molar-refractivity contribution in [3.8, 4) is 33.4 Å². The summed E-state index contributed by atoms with van der Waals surface area (Å²) in [7, 11) is 0. The lowest BCUT2D eigenvalue weighted by atomic mass is 9.47. The zero-order valence-electron chi connectivity index (χ0n) is 31.7. The molecule has 0 aliphatic heterocycles. The van der Waals surface area contributed by atoms with Crippen molar-refractivity contribution in [3.05, 3.63) is 187 Å². The molecule has 0 aromatic heterocycles. The normalized spacial score (nSPS) is 23.0. The van der Waals surface area contributed by atoms with Crippen molar-refractivity contribution < 1.29 is 0 Å². The second-order valence-electron chi connectivity index (χ2n) is 17.4. The molecule has 0 amide bonds.